The van der Waals surface area contributed by atoms with E-state index in [1.54, 1.807) is 6.26 Å². The van der Waals surface area contributed by atoms with Gasteiger partial charge in [-0.25, -0.2) is 0 Å². The van der Waals surface area contributed by atoms with E-state index in [1.807, 2.05) is 25.1 Å². The Morgan fingerprint density at radius 2 is 2.64 bits per heavy atom. The van der Waals surface area contributed by atoms with E-state index in [2.05, 4.69) is 5.32 Å². The first-order chi connectivity index (χ1) is 5.34. The monoisotopic (exact) mass is 150 g/mol. The van der Waals surface area contributed by atoms with Crippen molar-refractivity contribution < 1.29 is 4.42 Å². The maximum atomic E-state index is 8.27. The molecule has 0 aliphatic heterocycles. The predicted octanol–water partition coefficient (Wildman–Crippen LogP) is 1.45. The third-order valence-electron chi connectivity index (χ3n) is 1.46. The van der Waals surface area contributed by atoms with Gasteiger partial charge in [0.25, 0.3) is 0 Å². The molecule has 1 aromatic rings. The molecule has 0 saturated carbocycles. The van der Waals surface area contributed by atoms with Crippen LogP contribution in [0.25, 0.3) is 0 Å². The van der Waals surface area contributed by atoms with Gasteiger partial charge in [-0.1, -0.05) is 0 Å². The van der Waals surface area contributed by atoms with Crippen molar-refractivity contribution in [2.45, 2.75) is 13.0 Å². The number of hydrogen-bond donors (Lipinski definition) is 1. The average molecular weight is 150 g/mol. The van der Waals surface area contributed by atoms with Gasteiger partial charge >= 0.3 is 0 Å². The number of nitrogens with zero attached hydrogens (tertiary/aromatic N) is 1. The van der Waals surface area contributed by atoms with Crippen molar-refractivity contribution in [2.75, 3.05) is 6.54 Å². The van der Waals surface area contributed by atoms with Crippen LogP contribution in [-0.4, -0.2) is 6.54 Å². The summed E-state index contributed by atoms with van der Waals surface area (Å²) in [5.74, 6) is 0.861. The summed E-state index contributed by atoms with van der Waals surface area (Å²) in [5.41, 5.74) is 0. The highest BCUT2D eigenvalue weighted by Crippen LogP contribution is 2.10. The third-order valence-corrected chi connectivity index (χ3v) is 1.46. The molecule has 0 aromatic carbocycles. The summed E-state index contributed by atoms with van der Waals surface area (Å²) >= 11 is 0. The van der Waals surface area contributed by atoms with Gasteiger partial charge in [0.15, 0.2) is 0 Å². The van der Waals surface area contributed by atoms with Gasteiger partial charge in [0.05, 0.1) is 24.9 Å². The molecular weight excluding hydrogens is 140 g/mol. The molecule has 1 atom stereocenters. The first kappa shape index (κ1) is 7.83. The van der Waals surface area contributed by atoms with Gasteiger partial charge in [0, 0.05) is 0 Å². The molecule has 0 aliphatic rings. The first-order valence-corrected chi connectivity index (χ1v) is 3.48. The molecule has 0 spiro atoms. The van der Waals surface area contributed by atoms with E-state index in [9.17, 15) is 0 Å². The van der Waals surface area contributed by atoms with E-state index >= 15 is 0 Å². The van der Waals surface area contributed by atoms with E-state index in [4.69, 9.17) is 9.68 Å². The van der Waals surface area contributed by atoms with E-state index in [0.717, 1.165) is 5.76 Å². The minimum Gasteiger partial charge on any atom is -0.468 e. The topological polar surface area (TPSA) is 49.0 Å². The van der Waals surface area contributed by atoms with Crippen molar-refractivity contribution in [3.8, 4) is 6.07 Å². The molecule has 1 rings (SSSR count). The summed E-state index contributed by atoms with van der Waals surface area (Å²) in [6, 6.07) is 5.84. The Balaban J connectivity index is 2.44. The smallest absolute Gasteiger partial charge is 0.120 e. The minimum atomic E-state index is 0.115. The molecule has 0 saturated heterocycles. The minimum absolute atomic E-state index is 0.115. The fourth-order valence-corrected chi connectivity index (χ4v) is 0.837. The maximum Gasteiger partial charge on any atom is 0.120 e. The van der Waals surface area contributed by atoms with E-state index in [0.29, 0.717) is 6.54 Å². The van der Waals surface area contributed by atoms with Crippen LogP contribution in [0.15, 0.2) is 22.8 Å². The lowest BCUT2D eigenvalue weighted by molar-refractivity contribution is 0.442. The van der Waals surface area contributed by atoms with Crippen LogP contribution in [0.4, 0.5) is 0 Å². The zero-order valence-electron chi connectivity index (χ0n) is 6.37. The van der Waals surface area contributed by atoms with Crippen LogP contribution in [0.5, 0.6) is 0 Å². The Morgan fingerprint density at radius 1 is 1.82 bits per heavy atom. The van der Waals surface area contributed by atoms with Crippen LogP contribution in [0.2, 0.25) is 0 Å². The van der Waals surface area contributed by atoms with Crippen LogP contribution in [0, 0.1) is 11.3 Å². The van der Waals surface area contributed by atoms with Gasteiger partial charge in [-0.3, -0.25) is 5.32 Å². The number of hydrogen-bond acceptors (Lipinski definition) is 3. The molecule has 0 bridgehead atoms. The Labute approximate surface area is 65.6 Å². The van der Waals surface area contributed by atoms with Crippen LogP contribution in [-0.2, 0) is 0 Å². The lowest BCUT2D eigenvalue weighted by Gasteiger charge is -2.06. The van der Waals surface area contributed by atoms with E-state index < -0.39 is 0 Å². The second-order valence-corrected chi connectivity index (χ2v) is 2.28. The standard InChI is InChI=1S/C8H10N2O/c1-7(10-5-4-9)8-3-2-6-11-8/h2-3,6-7,10H,5H2,1H3. The summed E-state index contributed by atoms with van der Waals surface area (Å²) in [5, 5.41) is 11.2. The second-order valence-electron chi connectivity index (χ2n) is 2.28. The summed E-state index contributed by atoms with van der Waals surface area (Å²) in [6.07, 6.45) is 1.62. The van der Waals surface area contributed by atoms with Gasteiger partial charge in [0.1, 0.15) is 5.76 Å². The second kappa shape index (κ2) is 3.79. The highest BCUT2D eigenvalue weighted by Gasteiger charge is 2.05. The zero-order chi connectivity index (χ0) is 8.10. The fourth-order valence-electron chi connectivity index (χ4n) is 0.837. The van der Waals surface area contributed by atoms with Gasteiger partial charge in [-0.2, -0.15) is 5.26 Å². The molecule has 0 fully saturated rings. The summed E-state index contributed by atoms with van der Waals surface area (Å²) in [4.78, 5) is 0. The SMILES string of the molecule is CC(NCC#N)c1ccco1. The Kier molecular flexibility index (Phi) is 2.70. The van der Waals surface area contributed by atoms with Crippen molar-refractivity contribution in [1.29, 1.82) is 5.26 Å². The molecule has 3 heteroatoms. The Morgan fingerprint density at radius 3 is 3.18 bits per heavy atom. The van der Waals surface area contributed by atoms with Crippen molar-refractivity contribution in [2.24, 2.45) is 0 Å². The van der Waals surface area contributed by atoms with Crippen LogP contribution >= 0.6 is 0 Å². The number of furan rings is 1. The van der Waals surface area contributed by atoms with Gasteiger partial charge in [-0.05, 0) is 19.1 Å². The molecule has 0 radical (unpaired) electrons. The average Bonchev–Trinajstić information content (AvgIpc) is 2.52. The highest BCUT2D eigenvalue weighted by atomic mass is 16.3. The molecule has 1 aromatic heterocycles. The van der Waals surface area contributed by atoms with Gasteiger partial charge < -0.3 is 4.42 Å². The number of nitriles is 1. The van der Waals surface area contributed by atoms with E-state index in [1.165, 1.54) is 0 Å². The lowest BCUT2D eigenvalue weighted by Crippen LogP contribution is -2.17. The van der Waals surface area contributed by atoms with Crippen molar-refractivity contribution in [1.82, 2.24) is 5.32 Å². The molecule has 1 N–H and O–H groups in total. The maximum absolute atomic E-state index is 8.27. The van der Waals surface area contributed by atoms with Crippen LogP contribution < -0.4 is 5.32 Å². The van der Waals surface area contributed by atoms with Gasteiger partial charge in [0.2, 0.25) is 0 Å². The molecule has 3 nitrogen and oxygen atoms in total. The first-order valence-electron chi connectivity index (χ1n) is 3.48. The number of nitrogens with one attached hydrogen (secondary N) is 1. The van der Waals surface area contributed by atoms with Crippen molar-refractivity contribution >= 4 is 0 Å². The lowest BCUT2D eigenvalue weighted by atomic mass is 10.2. The molecule has 0 amide bonds. The number of rotatable bonds is 3. The summed E-state index contributed by atoms with van der Waals surface area (Å²) < 4.78 is 5.12. The Bertz CT molecular complexity index is 235. The zero-order valence-corrected chi connectivity index (χ0v) is 6.37. The third kappa shape index (κ3) is 2.10. The van der Waals surface area contributed by atoms with Crippen LogP contribution in [0.3, 0.4) is 0 Å². The quantitative estimate of drug-likeness (QED) is 0.663. The normalized spacial score (nSPS) is 12.4. The predicted molar refractivity (Wildman–Crippen MR) is 40.7 cm³/mol. The molecular formula is C8H10N2O. The largest absolute Gasteiger partial charge is 0.468 e. The molecule has 58 valence electrons. The molecule has 1 heterocycles. The molecule has 1 unspecified atom stereocenters. The highest BCUT2D eigenvalue weighted by molar-refractivity contribution is 5.03. The molecule has 11 heavy (non-hydrogen) atoms. The Hall–Kier alpha value is -1.27. The van der Waals surface area contributed by atoms with Crippen LogP contribution in [0.1, 0.15) is 18.7 Å². The summed E-state index contributed by atoms with van der Waals surface area (Å²) in [6.45, 7) is 2.30. The fraction of sp³-hybridized carbons (Fsp3) is 0.375. The molecule has 0 aliphatic carbocycles. The van der Waals surface area contributed by atoms with Crippen molar-refractivity contribution in [3.63, 3.8) is 0 Å². The van der Waals surface area contributed by atoms with Crippen molar-refractivity contribution in [3.05, 3.63) is 24.2 Å². The van der Waals surface area contributed by atoms with Gasteiger partial charge in [-0.15, -0.1) is 0 Å². The van der Waals surface area contributed by atoms with E-state index in [-0.39, 0.29) is 6.04 Å². The summed E-state index contributed by atoms with van der Waals surface area (Å²) in [7, 11) is 0.